The van der Waals surface area contributed by atoms with Crippen LogP contribution in [0.25, 0.3) is 16.5 Å². The molecular weight excluding hydrogens is 392 g/mol. The standard InChI is InChI=1S/C25H20N2O2S/c28-24(27-25-26-17-23(30-25)21-9-5-2-6-10-21)16-13-19-11-14-22(15-12-19)29-18-20-7-3-1-4-8-20/h1-17H,18H2,(H,26,27,28)/b16-13+. The van der Waals surface area contributed by atoms with Crippen molar-refractivity contribution in [3.63, 3.8) is 0 Å². The topological polar surface area (TPSA) is 51.2 Å². The summed E-state index contributed by atoms with van der Waals surface area (Å²) in [5, 5.41) is 3.39. The van der Waals surface area contributed by atoms with Crippen LogP contribution < -0.4 is 10.1 Å². The third kappa shape index (κ3) is 5.43. The van der Waals surface area contributed by atoms with Crippen molar-refractivity contribution in [2.24, 2.45) is 0 Å². The molecule has 0 aliphatic carbocycles. The van der Waals surface area contributed by atoms with E-state index in [4.69, 9.17) is 4.74 Å². The van der Waals surface area contributed by atoms with Gasteiger partial charge in [0.25, 0.3) is 0 Å². The lowest BCUT2D eigenvalue weighted by molar-refractivity contribution is -0.111. The molecule has 0 unspecified atom stereocenters. The number of rotatable bonds is 7. The molecule has 0 radical (unpaired) electrons. The van der Waals surface area contributed by atoms with Gasteiger partial charge in [0.05, 0.1) is 4.88 Å². The molecule has 148 valence electrons. The highest BCUT2D eigenvalue weighted by Gasteiger charge is 2.06. The minimum atomic E-state index is -0.214. The van der Waals surface area contributed by atoms with E-state index in [2.05, 4.69) is 10.3 Å². The molecule has 1 heterocycles. The van der Waals surface area contributed by atoms with Gasteiger partial charge in [-0.05, 0) is 34.9 Å². The van der Waals surface area contributed by atoms with Gasteiger partial charge >= 0.3 is 0 Å². The molecule has 0 fully saturated rings. The summed E-state index contributed by atoms with van der Waals surface area (Å²) in [6.45, 7) is 0.525. The van der Waals surface area contributed by atoms with E-state index in [0.717, 1.165) is 27.3 Å². The second-order valence-corrected chi connectivity index (χ2v) is 7.59. The summed E-state index contributed by atoms with van der Waals surface area (Å²) in [6.07, 6.45) is 5.04. The van der Waals surface area contributed by atoms with Gasteiger partial charge in [0.2, 0.25) is 5.91 Å². The van der Waals surface area contributed by atoms with Gasteiger partial charge < -0.3 is 4.74 Å². The van der Waals surface area contributed by atoms with E-state index in [-0.39, 0.29) is 5.91 Å². The van der Waals surface area contributed by atoms with Crippen molar-refractivity contribution < 1.29 is 9.53 Å². The molecule has 3 aromatic carbocycles. The number of thiazole rings is 1. The van der Waals surface area contributed by atoms with Gasteiger partial charge in [-0.3, -0.25) is 10.1 Å². The van der Waals surface area contributed by atoms with Crippen molar-refractivity contribution in [1.82, 2.24) is 4.98 Å². The van der Waals surface area contributed by atoms with Crippen LogP contribution in [0.5, 0.6) is 5.75 Å². The van der Waals surface area contributed by atoms with Crippen LogP contribution >= 0.6 is 11.3 Å². The van der Waals surface area contributed by atoms with Gasteiger partial charge in [-0.15, -0.1) is 0 Å². The second-order valence-electron chi connectivity index (χ2n) is 6.56. The number of aromatic nitrogens is 1. The fourth-order valence-electron chi connectivity index (χ4n) is 2.80. The maximum absolute atomic E-state index is 12.2. The van der Waals surface area contributed by atoms with Crippen LogP contribution in [0.4, 0.5) is 5.13 Å². The molecule has 0 saturated carbocycles. The number of hydrogen-bond acceptors (Lipinski definition) is 4. The maximum Gasteiger partial charge on any atom is 0.250 e. The molecule has 4 aromatic rings. The summed E-state index contributed by atoms with van der Waals surface area (Å²) >= 11 is 1.45. The van der Waals surface area contributed by atoms with E-state index in [1.165, 1.54) is 17.4 Å². The van der Waals surface area contributed by atoms with Gasteiger partial charge in [-0.25, -0.2) is 4.98 Å². The molecule has 30 heavy (non-hydrogen) atoms. The van der Waals surface area contributed by atoms with Crippen LogP contribution in [0.3, 0.4) is 0 Å². The number of carbonyl (C=O) groups is 1. The molecule has 5 heteroatoms. The number of amides is 1. The molecule has 0 saturated heterocycles. The Bertz CT molecular complexity index is 1120. The quantitative estimate of drug-likeness (QED) is 0.377. The van der Waals surface area contributed by atoms with E-state index in [1.54, 1.807) is 12.3 Å². The van der Waals surface area contributed by atoms with Gasteiger partial charge in [0.1, 0.15) is 12.4 Å². The zero-order chi connectivity index (χ0) is 20.6. The smallest absolute Gasteiger partial charge is 0.250 e. The average Bonchev–Trinajstić information content (AvgIpc) is 3.27. The minimum absolute atomic E-state index is 0.214. The van der Waals surface area contributed by atoms with E-state index in [0.29, 0.717) is 11.7 Å². The molecule has 1 aromatic heterocycles. The SMILES string of the molecule is O=C(/C=C/c1ccc(OCc2ccccc2)cc1)Nc1ncc(-c2ccccc2)s1. The van der Waals surface area contributed by atoms with Gasteiger partial charge in [-0.2, -0.15) is 0 Å². The van der Waals surface area contributed by atoms with Gasteiger partial charge in [0.15, 0.2) is 5.13 Å². The van der Waals surface area contributed by atoms with Crippen LogP contribution in [0, 0.1) is 0 Å². The second kappa shape index (κ2) is 9.67. The first-order valence-electron chi connectivity index (χ1n) is 9.53. The Labute approximate surface area is 179 Å². The molecule has 0 aliphatic rings. The highest BCUT2D eigenvalue weighted by molar-refractivity contribution is 7.19. The number of anilines is 1. The zero-order valence-corrected chi connectivity index (χ0v) is 17.0. The first-order chi connectivity index (χ1) is 14.8. The van der Waals surface area contributed by atoms with E-state index < -0.39 is 0 Å². The van der Waals surface area contributed by atoms with Crippen LogP contribution in [-0.4, -0.2) is 10.9 Å². The molecule has 4 nitrogen and oxygen atoms in total. The summed E-state index contributed by atoms with van der Waals surface area (Å²) in [4.78, 5) is 17.5. The Kier molecular flexibility index (Phi) is 6.32. The lowest BCUT2D eigenvalue weighted by atomic mass is 10.2. The van der Waals surface area contributed by atoms with Crippen LogP contribution in [-0.2, 0) is 11.4 Å². The van der Waals surface area contributed by atoms with Crippen molar-refractivity contribution in [2.45, 2.75) is 6.61 Å². The van der Waals surface area contributed by atoms with Gasteiger partial charge in [-0.1, -0.05) is 84.1 Å². The summed E-state index contributed by atoms with van der Waals surface area (Å²) in [5.74, 6) is 0.574. The normalized spacial score (nSPS) is 10.8. The molecular formula is C25H20N2O2S. The Hall–Kier alpha value is -3.70. The van der Waals surface area contributed by atoms with E-state index in [1.807, 2.05) is 84.9 Å². The van der Waals surface area contributed by atoms with Crippen molar-refractivity contribution in [2.75, 3.05) is 5.32 Å². The number of nitrogens with one attached hydrogen (secondary N) is 1. The Morgan fingerprint density at radius 3 is 2.37 bits per heavy atom. The molecule has 0 spiro atoms. The summed E-state index contributed by atoms with van der Waals surface area (Å²) < 4.78 is 5.78. The number of nitrogens with zero attached hydrogens (tertiary/aromatic N) is 1. The lowest BCUT2D eigenvalue weighted by Gasteiger charge is -2.06. The summed E-state index contributed by atoms with van der Waals surface area (Å²) in [7, 11) is 0. The van der Waals surface area contributed by atoms with Crippen LogP contribution in [0.1, 0.15) is 11.1 Å². The van der Waals surface area contributed by atoms with Crippen molar-refractivity contribution in [3.8, 4) is 16.2 Å². The van der Waals surface area contributed by atoms with E-state index in [9.17, 15) is 4.79 Å². The minimum Gasteiger partial charge on any atom is -0.489 e. The third-order valence-electron chi connectivity index (χ3n) is 4.35. The van der Waals surface area contributed by atoms with E-state index >= 15 is 0 Å². The third-order valence-corrected chi connectivity index (χ3v) is 5.31. The number of benzene rings is 3. The highest BCUT2D eigenvalue weighted by atomic mass is 32.1. The number of ether oxygens (including phenoxy) is 1. The fourth-order valence-corrected chi connectivity index (χ4v) is 3.63. The summed E-state index contributed by atoms with van der Waals surface area (Å²) in [6, 6.07) is 27.6. The molecule has 0 aliphatic heterocycles. The maximum atomic E-state index is 12.2. The Balaban J connectivity index is 1.30. The lowest BCUT2D eigenvalue weighted by Crippen LogP contribution is -2.07. The molecule has 0 atom stereocenters. The number of hydrogen-bond donors (Lipinski definition) is 1. The summed E-state index contributed by atoms with van der Waals surface area (Å²) in [5.41, 5.74) is 3.12. The number of carbonyl (C=O) groups excluding carboxylic acids is 1. The van der Waals surface area contributed by atoms with Crippen molar-refractivity contribution >= 4 is 28.5 Å². The molecule has 1 amide bonds. The first-order valence-corrected chi connectivity index (χ1v) is 10.3. The van der Waals surface area contributed by atoms with Crippen LogP contribution in [0.15, 0.2) is 97.2 Å². The Morgan fingerprint density at radius 2 is 1.63 bits per heavy atom. The van der Waals surface area contributed by atoms with Gasteiger partial charge in [0, 0.05) is 12.3 Å². The molecule has 4 rings (SSSR count). The Morgan fingerprint density at radius 1 is 0.933 bits per heavy atom. The predicted octanol–water partition coefficient (Wildman–Crippen LogP) is 6.04. The molecule has 0 bridgehead atoms. The first kappa shape index (κ1) is 19.6. The fraction of sp³-hybridized carbons (Fsp3) is 0.0400. The highest BCUT2D eigenvalue weighted by Crippen LogP contribution is 2.28. The monoisotopic (exact) mass is 412 g/mol. The average molecular weight is 413 g/mol. The van der Waals surface area contributed by atoms with Crippen molar-refractivity contribution in [3.05, 3.63) is 108 Å². The van der Waals surface area contributed by atoms with Crippen molar-refractivity contribution in [1.29, 1.82) is 0 Å². The van der Waals surface area contributed by atoms with Crippen LogP contribution in [0.2, 0.25) is 0 Å². The largest absolute Gasteiger partial charge is 0.489 e. The molecule has 1 N–H and O–H groups in total. The predicted molar refractivity (Wildman–Crippen MR) is 122 cm³/mol. The zero-order valence-electron chi connectivity index (χ0n) is 16.2.